The van der Waals surface area contributed by atoms with Crippen LogP contribution in [0.25, 0.3) is 0 Å². The summed E-state index contributed by atoms with van der Waals surface area (Å²) in [6.07, 6.45) is 1.74. The first-order chi connectivity index (χ1) is 6.14. The molecule has 0 N–H and O–H groups in total. The van der Waals surface area contributed by atoms with Crippen LogP contribution >= 0.6 is 0 Å². The van der Waals surface area contributed by atoms with Crippen LogP contribution in [0.3, 0.4) is 0 Å². The molecule has 0 unspecified atom stereocenters. The molecule has 0 aromatic carbocycles. The molecule has 0 spiro atoms. The lowest BCUT2D eigenvalue weighted by Gasteiger charge is -2.42. The zero-order valence-electron chi connectivity index (χ0n) is 8.94. The number of likely N-dealkylation sites (N-methyl/N-ethyl adjacent to an activating group) is 1. The monoisotopic (exact) mass is 236 g/mol. The van der Waals surface area contributed by atoms with Gasteiger partial charge >= 0.3 is 0 Å². The Morgan fingerprint density at radius 2 is 1.86 bits per heavy atom. The molecule has 1 rings (SSSR count). The fourth-order valence-corrected chi connectivity index (χ4v) is 7.94. The van der Waals surface area contributed by atoms with Gasteiger partial charge in [-0.2, -0.15) is 0 Å². The number of hydrogen-bond acceptors (Lipinski definition) is 3. The van der Waals surface area contributed by atoms with Crippen LogP contribution in [0, 0.1) is 0 Å². The van der Waals surface area contributed by atoms with Gasteiger partial charge in [-0.05, 0) is 0 Å². The molecule has 0 aromatic rings. The van der Waals surface area contributed by atoms with Crippen molar-refractivity contribution in [3.63, 3.8) is 0 Å². The summed E-state index contributed by atoms with van der Waals surface area (Å²) in [4.78, 5) is 13.0. The van der Waals surface area contributed by atoms with Crippen LogP contribution < -0.4 is 0 Å². The zero-order valence-corrected chi connectivity index (χ0v) is 10.8. The molecule has 14 heavy (non-hydrogen) atoms. The lowest BCUT2D eigenvalue weighted by molar-refractivity contribution is -0.129. The van der Waals surface area contributed by atoms with Gasteiger partial charge in [0.05, 0.1) is 12.8 Å². The van der Waals surface area contributed by atoms with Crippen LogP contribution in [0.15, 0.2) is 0 Å². The van der Waals surface area contributed by atoms with Crippen molar-refractivity contribution < 1.29 is 13.2 Å². The van der Waals surface area contributed by atoms with Gasteiger partial charge in [-0.1, -0.05) is 13.1 Å². The van der Waals surface area contributed by atoms with E-state index in [1.807, 2.05) is 13.1 Å². The van der Waals surface area contributed by atoms with E-state index in [1.54, 1.807) is 11.9 Å². The van der Waals surface area contributed by atoms with Gasteiger partial charge in [0.2, 0.25) is 15.9 Å². The molecule has 1 heterocycles. The van der Waals surface area contributed by atoms with E-state index in [1.165, 1.54) is 10.2 Å². The highest BCUT2D eigenvalue weighted by atomic mass is 32.2. The van der Waals surface area contributed by atoms with Crippen LogP contribution in [-0.4, -0.2) is 57.4 Å². The first-order valence-corrected chi connectivity index (χ1v) is 9.36. The fourth-order valence-electron chi connectivity index (χ4n) is 1.77. The highest BCUT2D eigenvalue weighted by Crippen LogP contribution is 2.19. The van der Waals surface area contributed by atoms with E-state index in [2.05, 4.69) is 0 Å². The van der Waals surface area contributed by atoms with Crippen LogP contribution in [0.2, 0.25) is 13.1 Å². The predicted molar refractivity (Wildman–Crippen MR) is 56.7 cm³/mol. The molecular formula is C7H16N2O3SSi. The molecule has 0 saturated carbocycles. The quantitative estimate of drug-likeness (QED) is 0.575. The summed E-state index contributed by atoms with van der Waals surface area (Å²) < 4.78 is 24.3. The lowest BCUT2D eigenvalue weighted by Crippen LogP contribution is -2.65. The topological polar surface area (TPSA) is 57.7 Å². The summed E-state index contributed by atoms with van der Waals surface area (Å²) in [6.45, 7) is 3.92. The van der Waals surface area contributed by atoms with Gasteiger partial charge in [0, 0.05) is 13.2 Å². The minimum absolute atomic E-state index is 0.00849. The zero-order chi connectivity index (χ0) is 11.1. The highest BCUT2D eigenvalue weighted by molar-refractivity contribution is 7.89. The van der Waals surface area contributed by atoms with E-state index in [9.17, 15) is 13.2 Å². The summed E-state index contributed by atoms with van der Waals surface area (Å²) in [6, 6.07) is 0. The molecule has 1 fully saturated rings. The minimum Gasteiger partial charge on any atom is -0.346 e. The van der Waals surface area contributed by atoms with Crippen molar-refractivity contribution in [1.29, 1.82) is 0 Å². The smallest absolute Gasteiger partial charge is 0.236 e. The van der Waals surface area contributed by atoms with Gasteiger partial charge < -0.3 is 4.90 Å². The van der Waals surface area contributed by atoms with Gasteiger partial charge in [0.15, 0.2) is 8.24 Å². The van der Waals surface area contributed by atoms with Crippen molar-refractivity contribution in [2.45, 2.75) is 13.1 Å². The Labute approximate surface area is 85.8 Å². The molecule has 82 valence electrons. The standard InChI is InChI=1S/C7H16N2O3SSi/c1-8-6-14(3,4)9(5-7(8)10)13(2,11)12/h5-6H2,1-4H3. The van der Waals surface area contributed by atoms with E-state index in [4.69, 9.17) is 0 Å². The molecule has 0 bridgehead atoms. The molecule has 5 nitrogen and oxygen atoms in total. The number of amides is 1. The maximum Gasteiger partial charge on any atom is 0.236 e. The summed E-state index contributed by atoms with van der Waals surface area (Å²) in [5.74, 6) is -0.123. The van der Waals surface area contributed by atoms with E-state index in [0.717, 1.165) is 0 Å². The molecule has 1 amide bonds. The van der Waals surface area contributed by atoms with Crippen LogP contribution in [0.4, 0.5) is 0 Å². The summed E-state index contributed by atoms with van der Waals surface area (Å²) >= 11 is 0. The normalized spacial score (nSPS) is 24.0. The molecule has 7 heteroatoms. The van der Waals surface area contributed by atoms with Gasteiger partial charge in [0.1, 0.15) is 0 Å². The molecule has 0 aromatic heterocycles. The van der Waals surface area contributed by atoms with Gasteiger partial charge in [-0.15, -0.1) is 0 Å². The Balaban J connectivity index is 3.02. The van der Waals surface area contributed by atoms with Crippen LogP contribution in [0.1, 0.15) is 0 Å². The highest BCUT2D eigenvalue weighted by Gasteiger charge is 2.43. The number of nitrogens with zero attached hydrogens (tertiary/aromatic N) is 2. The molecule has 1 aliphatic heterocycles. The Hall–Kier alpha value is -0.403. The van der Waals surface area contributed by atoms with Crippen molar-refractivity contribution in [2.24, 2.45) is 0 Å². The fraction of sp³-hybridized carbons (Fsp3) is 0.857. The molecule has 1 aliphatic rings. The molecule has 0 radical (unpaired) electrons. The number of carbonyl (C=O) groups is 1. The first-order valence-electron chi connectivity index (χ1n) is 4.36. The molecule has 0 atom stereocenters. The Morgan fingerprint density at radius 1 is 1.36 bits per heavy atom. The Kier molecular flexibility index (Phi) is 2.77. The number of sulfonamides is 1. The van der Waals surface area contributed by atoms with Gasteiger partial charge in [-0.25, -0.2) is 12.4 Å². The minimum atomic E-state index is -3.24. The second kappa shape index (κ2) is 3.32. The Morgan fingerprint density at radius 3 is 2.29 bits per heavy atom. The van der Waals surface area contributed by atoms with E-state index in [0.29, 0.717) is 6.17 Å². The second-order valence-corrected chi connectivity index (χ2v) is 11.0. The van der Waals surface area contributed by atoms with Crippen molar-refractivity contribution in [1.82, 2.24) is 8.87 Å². The maximum absolute atomic E-state index is 11.4. The van der Waals surface area contributed by atoms with E-state index >= 15 is 0 Å². The van der Waals surface area contributed by atoms with Gasteiger partial charge in [0.25, 0.3) is 0 Å². The van der Waals surface area contributed by atoms with Crippen LogP contribution in [-0.2, 0) is 14.8 Å². The summed E-state index contributed by atoms with van der Waals surface area (Å²) in [5, 5.41) is 0. The Bertz CT molecular complexity index is 352. The average Bonchev–Trinajstić information content (AvgIpc) is 1.93. The molecule has 1 saturated heterocycles. The van der Waals surface area contributed by atoms with Gasteiger partial charge in [-0.3, -0.25) is 4.79 Å². The number of carbonyl (C=O) groups excluding carboxylic acids is 1. The second-order valence-electron chi connectivity index (χ2n) is 4.33. The summed E-state index contributed by atoms with van der Waals surface area (Å²) in [5.41, 5.74) is 0. The van der Waals surface area contributed by atoms with Crippen molar-refractivity contribution in [2.75, 3.05) is 26.0 Å². The first kappa shape index (κ1) is 11.7. The number of hydrogen-bond donors (Lipinski definition) is 0. The maximum atomic E-state index is 11.4. The van der Waals surface area contributed by atoms with E-state index < -0.39 is 18.3 Å². The third-order valence-electron chi connectivity index (χ3n) is 2.40. The van der Waals surface area contributed by atoms with Crippen LogP contribution in [0.5, 0.6) is 0 Å². The lowest BCUT2D eigenvalue weighted by atomic mass is 10.6. The average molecular weight is 236 g/mol. The molecular weight excluding hydrogens is 220 g/mol. The SMILES string of the molecule is CN1C[Si](C)(C)N(S(C)(=O)=O)CC1=O. The third kappa shape index (κ3) is 2.15. The predicted octanol–water partition coefficient (Wildman–Crippen LogP) is -0.536. The van der Waals surface area contributed by atoms with Crippen molar-refractivity contribution in [3.8, 4) is 0 Å². The molecule has 0 aliphatic carbocycles. The number of rotatable bonds is 1. The largest absolute Gasteiger partial charge is 0.346 e. The third-order valence-corrected chi connectivity index (χ3v) is 8.57. The van der Waals surface area contributed by atoms with Crippen molar-refractivity contribution >= 4 is 24.2 Å². The summed E-state index contributed by atoms with van der Waals surface area (Å²) in [7, 11) is -3.53. The van der Waals surface area contributed by atoms with Crippen molar-refractivity contribution in [3.05, 3.63) is 0 Å². The van der Waals surface area contributed by atoms with E-state index in [-0.39, 0.29) is 12.5 Å².